The smallest absolute Gasteiger partial charge is 0.0526 e. The largest absolute Gasteiger partial charge is 0.393 e. The number of hydrogen-bond acceptors (Lipinski definition) is 2. The second-order valence-electron chi connectivity index (χ2n) is 4.40. The first kappa shape index (κ1) is 11.0. The van der Waals surface area contributed by atoms with E-state index in [2.05, 4.69) is 18.7 Å². The van der Waals surface area contributed by atoms with Gasteiger partial charge in [0.25, 0.3) is 0 Å². The molecular formula is C11H23NO. The lowest BCUT2D eigenvalue weighted by Gasteiger charge is -2.29. The van der Waals surface area contributed by atoms with Crippen LogP contribution in [0.25, 0.3) is 0 Å². The van der Waals surface area contributed by atoms with Crippen LogP contribution < -0.4 is 0 Å². The molecule has 0 heterocycles. The summed E-state index contributed by atoms with van der Waals surface area (Å²) in [6.07, 6.45) is 4.71. The summed E-state index contributed by atoms with van der Waals surface area (Å²) in [5.74, 6) is 0. The molecule has 1 saturated carbocycles. The summed E-state index contributed by atoms with van der Waals surface area (Å²) in [7, 11) is 0. The van der Waals surface area contributed by atoms with Crippen LogP contribution >= 0.6 is 0 Å². The molecule has 78 valence electrons. The topological polar surface area (TPSA) is 23.5 Å². The molecular weight excluding hydrogens is 162 g/mol. The van der Waals surface area contributed by atoms with Crippen LogP contribution in [0, 0.1) is 0 Å². The molecule has 2 unspecified atom stereocenters. The van der Waals surface area contributed by atoms with Gasteiger partial charge >= 0.3 is 0 Å². The van der Waals surface area contributed by atoms with E-state index in [9.17, 15) is 5.11 Å². The molecule has 1 N–H and O–H groups in total. The molecule has 1 rings (SSSR count). The molecule has 0 saturated heterocycles. The van der Waals surface area contributed by atoms with Gasteiger partial charge in [-0.25, -0.2) is 0 Å². The van der Waals surface area contributed by atoms with Gasteiger partial charge in [-0.15, -0.1) is 0 Å². The Balaban J connectivity index is 2.33. The maximum absolute atomic E-state index is 9.32. The third kappa shape index (κ3) is 3.65. The molecule has 1 aliphatic rings. The van der Waals surface area contributed by atoms with Crippen LogP contribution in [-0.4, -0.2) is 34.7 Å². The highest BCUT2D eigenvalue weighted by molar-refractivity contribution is 4.87. The van der Waals surface area contributed by atoms with Crippen LogP contribution in [0.5, 0.6) is 0 Å². The molecule has 0 bridgehead atoms. The van der Waals surface area contributed by atoms with Crippen molar-refractivity contribution in [3.8, 4) is 0 Å². The van der Waals surface area contributed by atoms with E-state index >= 15 is 0 Å². The predicted octanol–water partition coefficient (Wildman–Crippen LogP) is 2.02. The zero-order chi connectivity index (χ0) is 9.84. The molecule has 0 aromatic carbocycles. The first-order chi connectivity index (χ1) is 6.15. The molecule has 13 heavy (non-hydrogen) atoms. The zero-order valence-electron chi connectivity index (χ0n) is 9.16. The van der Waals surface area contributed by atoms with Crippen molar-refractivity contribution in [3.63, 3.8) is 0 Å². The van der Waals surface area contributed by atoms with Crippen molar-refractivity contribution < 1.29 is 5.11 Å². The molecule has 0 spiro atoms. The zero-order valence-corrected chi connectivity index (χ0v) is 9.16. The normalized spacial score (nSPS) is 21.9. The Bertz CT molecular complexity index is 143. The van der Waals surface area contributed by atoms with Crippen LogP contribution in [-0.2, 0) is 0 Å². The highest BCUT2D eigenvalue weighted by Crippen LogP contribution is 2.29. The molecule has 0 aliphatic heterocycles. The van der Waals surface area contributed by atoms with Gasteiger partial charge in [-0.05, 0) is 46.1 Å². The van der Waals surface area contributed by atoms with Crippen molar-refractivity contribution in [1.82, 2.24) is 4.90 Å². The standard InChI is InChI=1S/C11H23NO/c1-4-7-12(11-5-6-11)9(2)8-10(3)13/h9-11,13H,4-8H2,1-3H3. The highest BCUT2D eigenvalue weighted by atomic mass is 16.3. The van der Waals surface area contributed by atoms with Gasteiger partial charge in [-0.2, -0.15) is 0 Å². The quantitative estimate of drug-likeness (QED) is 0.684. The summed E-state index contributed by atoms with van der Waals surface area (Å²) in [5, 5.41) is 9.32. The van der Waals surface area contributed by atoms with E-state index in [4.69, 9.17) is 0 Å². The van der Waals surface area contributed by atoms with Gasteiger partial charge in [0.2, 0.25) is 0 Å². The van der Waals surface area contributed by atoms with E-state index in [1.807, 2.05) is 6.92 Å². The lowest BCUT2D eigenvalue weighted by atomic mass is 10.1. The van der Waals surface area contributed by atoms with Crippen LogP contribution in [0.2, 0.25) is 0 Å². The van der Waals surface area contributed by atoms with Crippen molar-refractivity contribution in [1.29, 1.82) is 0 Å². The average Bonchev–Trinajstić information content (AvgIpc) is 2.81. The van der Waals surface area contributed by atoms with E-state index in [0.29, 0.717) is 6.04 Å². The van der Waals surface area contributed by atoms with Crippen molar-refractivity contribution in [2.45, 2.75) is 64.6 Å². The Labute approximate surface area is 81.9 Å². The van der Waals surface area contributed by atoms with Gasteiger partial charge in [-0.1, -0.05) is 6.92 Å². The number of rotatable bonds is 6. The molecule has 2 heteroatoms. The minimum absolute atomic E-state index is 0.159. The van der Waals surface area contributed by atoms with Crippen molar-refractivity contribution in [2.24, 2.45) is 0 Å². The Kier molecular flexibility index (Phi) is 4.20. The summed E-state index contributed by atoms with van der Waals surface area (Å²) in [5.41, 5.74) is 0. The minimum atomic E-state index is -0.159. The number of nitrogens with zero attached hydrogens (tertiary/aromatic N) is 1. The van der Waals surface area contributed by atoms with Crippen molar-refractivity contribution in [3.05, 3.63) is 0 Å². The Morgan fingerprint density at radius 1 is 1.38 bits per heavy atom. The number of aliphatic hydroxyl groups excluding tert-OH is 1. The summed E-state index contributed by atoms with van der Waals surface area (Å²) >= 11 is 0. The lowest BCUT2D eigenvalue weighted by Crippen LogP contribution is -2.37. The van der Waals surface area contributed by atoms with E-state index in [-0.39, 0.29) is 6.10 Å². The van der Waals surface area contributed by atoms with Crippen LogP contribution in [0.15, 0.2) is 0 Å². The third-order valence-electron chi connectivity index (χ3n) is 2.75. The molecule has 0 aromatic rings. The molecule has 2 atom stereocenters. The molecule has 0 amide bonds. The minimum Gasteiger partial charge on any atom is -0.393 e. The van der Waals surface area contributed by atoms with E-state index in [1.165, 1.54) is 25.8 Å². The second-order valence-corrected chi connectivity index (χ2v) is 4.40. The SMILES string of the molecule is CCCN(C(C)CC(C)O)C1CC1. The van der Waals surface area contributed by atoms with Crippen LogP contribution in [0.3, 0.4) is 0 Å². The summed E-state index contributed by atoms with van der Waals surface area (Å²) in [4.78, 5) is 2.56. The average molecular weight is 185 g/mol. The molecule has 1 aliphatic carbocycles. The van der Waals surface area contributed by atoms with E-state index in [1.54, 1.807) is 0 Å². The van der Waals surface area contributed by atoms with Crippen LogP contribution in [0.1, 0.15) is 46.5 Å². The third-order valence-corrected chi connectivity index (χ3v) is 2.75. The number of aliphatic hydroxyl groups is 1. The van der Waals surface area contributed by atoms with Gasteiger partial charge in [0, 0.05) is 12.1 Å². The molecule has 1 fully saturated rings. The first-order valence-electron chi connectivity index (χ1n) is 5.59. The second kappa shape index (κ2) is 4.97. The van der Waals surface area contributed by atoms with E-state index in [0.717, 1.165) is 12.5 Å². The van der Waals surface area contributed by atoms with Gasteiger partial charge in [0.1, 0.15) is 0 Å². The Hall–Kier alpha value is -0.0800. The van der Waals surface area contributed by atoms with Gasteiger partial charge in [0.15, 0.2) is 0 Å². The molecule has 0 radical (unpaired) electrons. The maximum Gasteiger partial charge on any atom is 0.0526 e. The number of hydrogen-bond donors (Lipinski definition) is 1. The summed E-state index contributed by atoms with van der Waals surface area (Å²) in [6.45, 7) is 7.54. The Morgan fingerprint density at radius 2 is 2.00 bits per heavy atom. The molecule has 0 aromatic heterocycles. The predicted molar refractivity (Wildman–Crippen MR) is 55.8 cm³/mol. The van der Waals surface area contributed by atoms with E-state index < -0.39 is 0 Å². The maximum atomic E-state index is 9.32. The Morgan fingerprint density at radius 3 is 2.38 bits per heavy atom. The fraction of sp³-hybridized carbons (Fsp3) is 1.00. The fourth-order valence-electron chi connectivity index (χ4n) is 2.06. The highest BCUT2D eigenvalue weighted by Gasteiger charge is 2.31. The lowest BCUT2D eigenvalue weighted by molar-refractivity contribution is 0.115. The van der Waals surface area contributed by atoms with Gasteiger partial charge in [-0.3, -0.25) is 4.90 Å². The summed E-state index contributed by atoms with van der Waals surface area (Å²) < 4.78 is 0. The monoisotopic (exact) mass is 185 g/mol. The fourth-order valence-corrected chi connectivity index (χ4v) is 2.06. The van der Waals surface area contributed by atoms with Crippen LogP contribution in [0.4, 0.5) is 0 Å². The van der Waals surface area contributed by atoms with Gasteiger partial charge < -0.3 is 5.11 Å². The first-order valence-corrected chi connectivity index (χ1v) is 5.59. The van der Waals surface area contributed by atoms with Gasteiger partial charge in [0.05, 0.1) is 6.10 Å². The molecule has 2 nitrogen and oxygen atoms in total. The summed E-state index contributed by atoms with van der Waals surface area (Å²) in [6, 6.07) is 1.38. The van der Waals surface area contributed by atoms with Crippen molar-refractivity contribution >= 4 is 0 Å². The van der Waals surface area contributed by atoms with Crippen molar-refractivity contribution in [2.75, 3.05) is 6.54 Å².